The van der Waals surface area contributed by atoms with Gasteiger partial charge in [-0.05, 0) is 44.4 Å². The van der Waals surface area contributed by atoms with E-state index in [1.54, 1.807) is 0 Å². The third-order valence-corrected chi connectivity index (χ3v) is 3.99. The highest BCUT2D eigenvalue weighted by Gasteiger charge is 2.21. The van der Waals surface area contributed by atoms with Crippen molar-refractivity contribution in [2.45, 2.75) is 38.3 Å². The molecule has 0 aliphatic carbocycles. The number of aliphatic hydroxyl groups excluding tert-OH is 1. The number of benzene rings is 1. The van der Waals surface area contributed by atoms with Gasteiger partial charge >= 0.3 is 0 Å². The predicted octanol–water partition coefficient (Wildman–Crippen LogP) is 3.25. The Morgan fingerprint density at radius 2 is 2.24 bits per heavy atom. The molecule has 2 nitrogen and oxygen atoms in total. The molecule has 2 atom stereocenters. The number of aliphatic hydroxyl groups is 1. The molecule has 94 valence electrons. The molecule has 1 aromatic rings. The van der Waals surface area contributed by atoms with Crippen LogP contribution in [0.2, 0.25) is 5.02 Å². The molecule has 0 spiro atoms. The van der Waals surface area contributed by atoms with Gasteiger partial charge in [-0.15, -0.1) is 0 Å². The fraction of sp³-hybridized carbons (Fsp3) is 0.571. The third kappa shape index (κ3) is 3.21. The van der Waals surface area contributed by atoms with E-state index in [4.69, 9.17) is 11.6 Å². The molecule has 0 aromatic heterocycles. The molecule has 1 aliphatic rings. The quantitative estimate of drug-likeness (QED) is 0.891. The van der Waals surface area contributed by atoms with Crippen LogP contribution < -0.4 is 0 Å². The molecule has 0 amide bonds. The van der Waals surface area contributed by atoms with Crippen molar-refractivity contribution < 1.29 is 5.11 Å². The average Bonchev–Trinajstić information content (AvgIpc) is 2.72. The van der Waals surface area contributed by atoms with Crippen molar-refractivity contribution in [2.24, 2.45) is 0 Å². The highest BCUT2D eigenvalue weighted by molar-refractivity contribution is 6.31. The predicted molar refractivity (Wildman–Crippen MR) is 71.3 cm³/mol. The Hall–Kier alpha value is -0.570. The number of hydrogen-bond donors (Lipinski definition) is 1. The number of halogens is 1. The Balaban J connectivity index is 1.89. The molecule has 3 heteroatoms. The van der Waals surface area contributed by atoms with Gasteiger partial charge in [0.25, 0.3) is 0 Å². The van der Waals surface area contributed by atoms with Crippen LogP contribution in [0.1, 0.15) is 37.9 Å². The van der Waals surface area contributed by atoms with Gasteiger partial charge in [-0.2, -0.15) is 0 Å². The monoisotopic (exact) mass is 253 g/mol. The minimum absolute atomic E-state index is 0.448. The first kappa shape index (κ1) is 12.9. The van der Waals surface area contributed by atoms with E-state index in [0.717, 1.165) is 25.1 Å². The molecule has 1 fully saturated rings. The maximum atomic E-state index is 10.1. The van der Waals surface area contributed by atoms with Crippen LogP contribution in [0.5, 0.6) is 0 Å². The minimum Gasteiger partial charge on any atom is -0.388 e. The topological polar surface area (TPSA) is 23.5 Å². The second kappa shape index (κ2) is 5.85. The minimum atomic E-state index is -0.448. The van der Waals surface area contributed by atoms with Gasteiger partial charge in [0.15, 0.2) is 0 Å². The first-order valence-corrected chi connectivity index (χ1v) is 6.73. The molecule has 0 bridgehead atoms. The number of hydrogen-bond acceptors (Lipinski definition) is 2. The summed E-state index contributed by atoms with van der Waals surface area (Å²) in [5.74, 6) is 0. The maximum Gasteiger partial charge on any atom is 0.0816 e. The van der Waals surface area contributed by atoms with Crippen LogP contribution in [0.15, 0.2) is 24.3 Å². The van der Waals surface area contributed by atoms with Gasteiger partial charge in [0.2, 0.25) is 0 Å². The second-order valence-corrected chi connectivity index (χ2v) is 5.26. The average molecular weight is 254 g/mol. The first-order chi connectivity index (χ1) is 8.18. The summed E-state index contributed by atoms with van der Waals surface area (Å²) in [5.41, 5.74) is 0.848. The van der Waals surface area contributed by atoms with Gasteiger partial charge in [0.1, 0.15) is 0 Å². The van der Waals surface area contributed by atoms with E-state index < -0.39 is 6.10 Å². The summed E-state index contributed by atoms with van der Waals surface area (Å²) >= 11 is 6.07. The van der Waals surface area contributed by atoms with Crippen LogP contribution in [0.4, 0.5) is 0 Å². The molecular weight excluding hydrogens is 234 g/mol. The van der Waals surface area contributed by atoms with Gasteiger partial charge in [-0.3, -0.25) is 0 Å². The summed E-state index contributed by atoms with van der Waals surface area (Å²) in [6, 6.07) is 8.21. The summed E-state index contributed by atoms with van der Waals surface area (Å²) in [6.45, 7) is 4.37. The number of rotatable bonds is 4. The molecule has 1 N–H and O–H groups in total. The van der Waals surface area contributed by atoms with Gasteiger partial charge in [0, 0.05) is 17.6 Å². The van der Waals surface area contributed by atoms with E-state index >= 15 is 0 Å². The van der Waals surface area contributed by atoms with Crippen molar-refractivity contribution in [2.75, 3.05) is 13.1 Å². The lowest BCUT2D eigenvalue weighted by Crippen LogP contribution is -2.28. The van der Waals surface area contributed by atoms with E-state index in [2.05, 4.69) is 11.8 Å². The second-order valence-electron chi connectivity index (χ2n) is 4.85. The Kier molecular flexibility index (Phi) is 4.43. The lowest BCUT2D eigenvalue weighted by atomic mass is 10.1. The molecule has 1 heterocycles. The Morgan fingerprint density at radius 3 is 2.88 bits per heavy atom. The standard InChI is InChI=1S/C14H20ClNO/c1-11-5-4-9-16(11)10-8-14(17)12-6-2-3-7-13(12)15/h2-3,6-7,11,14,17H,4-5,8-10H2,1H3. The summed E-state index contributed by atoms with van der Waals surface area (Å²) < 4.78 is 0. The molecular formula is C14H20ClNO. The summed E-state index contributed by atoms with van der Waals surface area (Å²) in [4.78, 5) is 2.44. The van der Waals surface area contributed by atoms with Crippen molar-refractivity contribution in [3.05, 3.63) is 34.9 Å². The third-order valence-electron chi connectivity index (χ3n) is 3.64. The van der Waals surface area contributed by atoms with Gasteiger partial charge < -0.3 is 10.0 Å². The van der Waals surface area contributed by atoms with Crippen LogP contribution in [-0.2, 0) is 0 Å². The Bertz CT molecular complexity index is 369. The molecule has 0 radical (unpaired) electrons. The van der Waals surface area contributed by atoms with Crippen molar-refractivity contribution >= 4 is 11.6 Å². The van der Waals surface area contributed by atoms with E-state index in [1.165, 1.54) is 12.8 Å². The summed E-state index contributed by atoms with van der Waals surface area (Å²) in [7, 11) is 0. The molecule has 17 heavy (non-hydrogen) atoms. The van der Waals surface area contributed by atoms with Crippen LogP contribution in [0.3, 0.4) is 0 Å². The highest BCUT2D eigenvalue weighted by Crippen LogP contribution is 2.26. The Morgan fingerprint density at radius 1 is 1.47 bits per heavy atom. The fourth-order valence-electron chi connectivity index (χ4n) is 2.51. The van der Waals surface area contributed by atoms with Crippen LogP contribution in [0.25, 0.3) is 0 Å². The van der Waals surface area contributed by atoms with Crippen LogP contribution >= 0.6 is 11.6 Å². The smallest absolute Gasteiger partial charge is 0.0816 e. The molecule has 1 aromatic carbocycles. The van der Waals surface area contributed by atoms with Gasteiger partial charge in [-0.1, -0.05) is 29.8 Å². The lowest BCUT2D eigenvalue weighted by molar-refractivity contribution is 0.140. The highest BCUT2D eigenvalue weighted by atomic mass is 35.5. The van der Waals surface area contributed by atoms with Crippen molar-refractivity contribution in [3.8, 4) is 0 Å². The van der Waals surface area contributed by atoms with Crippen molar-refractivity contribution in [1.82, 2.24) is 4.90 Å². The molecule has 2 unspecified atom stereocenters. The molecule has 1 saturated heterocycles. The summed E-state index contributed by atoms with van der Waals surface area (Å²) in [5, 5.41) is 10.8. The lowest BCUT2D eigenvalue weighted by Gasteiger charge is -2.22. The van der Waals surface area contributed by atoms with E-state index in [1.807, 2.05) is 24.3 Å². The zero-order valence-electron chi connectivity index (χ0n) is 10.3. The first-order valence-electron chi connectivity index (χ1n) is 6.35. The van der Waals surface area contributed by atoms with E-state index in [-0.39, 0.29) is 0 Å². The fourth-order valence-corrected chi connectivity index (χ4v) is 2.78. The largest absolute Gasteiger partial charge is 0.388 e. The van der Waals surface area contributed by atoms with E-state index in [9.17, 15) is 5.11 Å². The normalized spacial score (nSPS) is 22.9. The Labute approximate surface area is 108 Å². The van der Waals surface area contributed by atoms with Gasteiger partial charge in [-0.25, -0.2) is 0 Å². The van der Waals surface area contributed by atoms with Gasteiger partial charge in [0.05, 0.1) is 6.10 Å². The van der Waals surface area contributed by atoms with Crippen molar-refractivity contribution in [1.29, 1.82) is 0 Å². The molecule has 1 aliphatic heterocycles. The maximum absolute atomic E-state index is 10.1. The zero-order chi connectivity index (χ0) is 12.3. The number of nitrogens with zero attached hydrogens (tertiary/aromatic N) is 1. The zero-order valence-corrected chi connectivity index (χ0v) is 11.0. The molecule has 0 saturated carbocycles. The molecule has 2 rings (SSSR count). The SMILES string of the molecule is CC1CCCN1CCC(O)c1ccccc1Cl. The van der Waals surface area contributed by atoms with E-state index in [0.29, 0.717) is 11.1 Å². The number of likely N-dealkylation sites (tertiary alicyclic amines) is 1. The van der Waals surface area contributed by atoms with Crippen LogP contribution in [0, 0.1) is 0 Å². The van der Waals surface area contributed by atoms with Crippen molar-refractivity contribution in [3.63, 3.8) is 0 Å². The summed E-state index contributed by atoms with van der Waals surface area (Å²) in [6.07, 6.45) is 2.87. The van der Waals surface area contributed by atoms with Crippen LogP contribution in [-0.4, -0.2) is 29.1 Å².